The molecule has 4 nitrogen and oxygen atoms in total. The van der Waals surface area contributed by atoms with Crippen molar-refractivity contribution in [2.24, 2.45) is 5.92 Å². The van der Waals surface area contributed by atoms with Crippen molar-refractivity contribution >= 4 is 5.97 Å². The van der Waals surface area contributed by atoms with E-state index < -0.39 is 5.92 Å². The van der Waals surface area contributed by atoms with Gasteiger partial charge in [0.25, 0.3) is 0 Å². The van der Waals surface area contributed by atoms with Crippen molar-refractivity contribution in [1.29, 1.82) is 0 Å². The minimum atomic E-state index is -0.469. The zero-order valence-electron chi connectivity index (χ0n) is 11.7. The number of benzene rings is 1. The van der Waals surface area contributed by atoms with Crippen molar-refractivity contribution in [3.8, 4) is 0 Å². The van der Waals surface area contributed by atoms with Crippen molar-refractivity contribution in [3.63, 3.8) is 0 Å². The molecule has 0 fully saturated rings. The van der Waals surface area contributed by atoms with Crippen LogP contribution in [-0.4, -0.2) is 42.2 Å². The van der Waals surface area contributed by atoms with Crippen LogP contribution in [0.25, 0.3) is 0 Å². The van der Waals surface area contributed by atoms with Gasteiger partial charge in [0, 0.05) is 6.54 Å². The predicted molar refractivity (Wildman–Crippen MR) is 74.6 cm³/mol. The maximum Gasteiger partial charge on any atom is 0.312 e. The SMILES string of the molecule is CCN(CC)CC(CO)C(=O)OCc1ccccc1. The van der Waals surface area contributed by atoms with Gasteiger partial charge in [-0.25, -0.2) is 0 Å². The van der Waals surface area contributed by atoms with Crippen molar-refractivity contribution in [1.82, 2.24) is 4.90 Å². The monoisotopic (exact) mass is 265 g/mol. The van der Waals surface area contributed by atoms with Gasteiger partial charge in [-0.2, -0.15) is 0 Å². The average Bonchev–Trinajstić information content (AvgIpc) is 2.47. The number of rotatable bonds is 8. The van der Waals surface area contributed by atoms with Gasteiger partial charge in [-0.1, -0.05) is 44.2 Å². The quantitative estimate of drug-likeness (QED) is 0.727. The first-order valence-corrected chi connectivity index (χ1v) is 6.75. The highest BCUT2D eigenvalue weighted by molar-refractivity contribution is 5.72. The van der Waals surface area contributed by atoms with Gasteiger partial charge < -0.3 is 14.7 Å². The summed E-state index contributed by atoms with van der Waals surface area (Å²) in [5.41, 5.74) is 0.954. The zero-order chi connectivity index (χ0) is 14.1. The number of aliphatic hydroxyl groups is 1. The van der Waals surface area contributed by atoms with Crippen LogP contribution in [0.4, 0.5) is 0 Å². The first-order chi connectivity index (χ1) is 9.21. The molecule has 1 unspecified atom stereocenters. The summed E-state index contributed by atoms with van der Waals surface area (Å²) in [6.07, 6.45) is 0. The van der Waals surface area contributed by atoms with E-state index in [-0.39, 0.29) is 19.2 Å². The molecule has 0 saturated carbocycles. The van der Waals surface area contributed by atoms with Gasteiger partial charge in [-0.15, -0.1) is 0 Å². The van der Waals surface area contributed by atoms with Gasteiger partial charge >= 0.3 is 5.97 Å². The van der Waals surface area contributed by atoms with Gasteiger partial charge in [-0.05, 0) is 18.7 Å². The van der Waals surface area contributed by atoms with Crippen molar-refractivity contribution in [2.75, 3.05) is 26.2 Å². The molecule has 0 heterocycles. The van der Waals surface area contributed by atoms with Crippen molar-refractivity contribution in [2.45, 2.75) is 20.5 Å². The molecule has 1 atom stereocenters. The lowest BCUT2D eigenvalue weighted by molar-refractivity contribution is -0.152. The number of carbonyl (C=O) groups excluding carboxylic acids is 1. The van der Waals surface area contributed by atoms with E-state index in [4.69, 9.17) is 4.74 Å². The molecule has 1 N–H and O–H groups in total. The van der Waals surface area contributed by atoms with Crippen LogP contribution in [0.2, 0.25) is 0 Å². The van der Waals surface area contributed by atoms with E-state index in [1.807, 2.05) is 44.2 Å². The van der Waals surface area contributed by atoms with E-state index in [9.17, 15) is 9.90 Å². The lowest BCUT2D eigenvalue weighted by atomic mass is 10.1. The Morgan fingerprint density at radius 1 is 1.26 bits per heavy atom. The molecule has 1 aromatic carbocycles. The Morgan fingerprint density at radius 2 is 1.89 bits per heavy atom. The summed E-state index contributed by atoms with van der Waals surface area (Å²) < 4.78 is 5.25. The first kappa shape index (κ1) is 15.7. The maximum absolute atomic E-state index is 11.9. The van der Waals surface area contributed by atoms with E-state index in [0.29, 0.717) is 6.54 Å². The third kappa shape index (κ3) is 5.41. The third-order valence-corrected chi connectivity index (χ3v) is 3.15. The highest BCUT2D eigenvalue weighted by atomic mass is 16.5. The summed E-state index contributed by atoms with van der Waals surface area (Å²) in [4.78, 5) is 14.0. The van der Waals surface area contributed by atoms with E-state index in [1.165, 1.54) is 0 Å². The molecule has 4 heteroatoms. The van der Waals surface area contributed by atoms with Gasteiger partial charge in [-0.3, -0.25) is 4.79 Å². The highest BCUT2D eigenvalue weighted by Gasteiger charge is 2.21. The lowest BCUT2D eigenvalue weighted by Crippen LogP contribution is -2.35. The van der Waals surface area contributed by atoms with Crippen LogP contribution in [0, 0.1) is 5.92 Å². The number of aliphatic hydroxyl groups excluding tert-OH is 1. The second-order valence-electron chi connectivity index (χ2n) is 4.46. The van der Waals surface area contributed by atoms with Gasteiger partial charge in [0.2, 0.25) is 0 Å². The number of esters is 1. The molecular formula is C15H23NO3. The summed E-state index contributed by atoms with van der Waals surface area (Å²) in [6.45, 7) is 6.41. The van der Waals surface area contributed by atoms with Crippen LogP contribution in [0.1, 0.15) is 19.4 Å². The fourth-order valence-corrected chi connectivity index (χ4v) is 1.85. The molecule has 1 aromatic rings. The van der Waals surface area contributed by atoms with Crippen LogP contribution in [-0.2, 0) is 16.1 Å². The molecule has 0 bridgehead atoms. The Bertz CT molecular complexity index is 363. The van der Waals surface area contributed by atoms with E-state index in [1.54, 1.807) is 0 Å². The first-order valence-electron chi connectivity index (χ1n) is 6.75. The number of ether oxygens (including phenoxy) is 1. The molecule has 0 radical (unpaired) electrons. The predicted octanol–water partition coefficient (Wildman–Crippen LogP) is 1.68. The molecule has 1 rings (SSSR count). The molecule has 0 aliphatic rings. The van der Waals surface area contributed by atoms with Crippen LogP contribution in [0.5, 0.6) is 0 Å². The lowest BCUT2D eigenvalue weighted by Gasteiger charge is -2.22. The largest absolute Gasteiger partial charge is 0.460 e. The summed E-state index contributed by atoms with van der Waals surface area (Å²) in [5, 5.41) is 9.31. The topological polar surface area (TPSA) is 49.8 Å². The number of hydrogen-bond acceptors (Lipinski definition) is 4. The molecule has 0 amide bonds. The summed E-state index contributed by atoms with van der Waals surface area (Å²) in [6, 6.07) is 9.55. The molecule has 0 aromatic heterocycles. The summed E-state index contributed by atoms with van der Waals surface area (Å²) in [7, 11) is 0. The number of carbonyl (C=O) groups is 1. The molecule has 0 spiro atoms. The fraction of sp³-hybridized carbons (Fsp3) is 0.533. The molecule has 0 saturated heterocycles. The Labute approximate surface area is 115 Å². The Balaban J connectivity index is 2.45. The van der Waals surface area contributed by atoms with Crippen LogP contribution < -0.4 is 0 Å². The normalized spacial score (nSPS) is 12.4. The molecular weight excluding hydrogens is 242 g/mol. The van der Waals surface area contributed by atoms with E-state index in [2.05, 4.69) is 4.90 Å². The van der Waals surface area contributed by atoms with Crippen LogP contribution in [0.15, 0.2) is 30.3 Å². The van der Waals surface area contributed by atoms with Gasteiger partial charge in [0.1, 0.15) is 6.61 Å². The maximum atomic E-state index is 11.9. The highest BCUT2D eigenvalue weighted by Crippen LogP contribution is 2.07. The van der Waals surface area contributed by atoms with Gasteiger partial charge in [0.15, 0.2) is 0 Å². The summed E-state index contributed by atoms with van der Waals surface area (Å²) in [5.74, 6) is -0.804. The van der Waals surface area contributed by atoms with Gasteiger partial charge in [0.05, 0.1) is 12.5 Å². The summed E-state index contributed by atoms with van der Waals surface area (Å²) >= 11 is 0. The molecule has 0 aliphatic heterocycles. The third-order valence-electron chi connectivity index (χ3n) is 3.15. The second-order valence-corrected chi connectivity index (χ2v) is 4.46. The van der Waals surface area contributed by atoms with E-state index >= 15 is 0 Å². The van der Waals surface area contributed by atoms with E-state index in [0.717, 1.165) is 18.7 Å². The zero-order valence-corrected chi connectivity index (χ0v) is 11.7. The van der Waals surface area contributed by atoms with Crippen molar-refractivity contribution < 1.29 is 14.6 Å². The second kappa shape index (κ2) is 8.67. The van der Waals surface area contributed by atoms with Crippen LogP contribution in [0.3, 0.4) is 0 Å². The molecule has 0 aliphatic carbocycles. The smallest absolute Gasteiger partial charge is 0.312 e. The van der Waals surface area contributed by atoms with Crippen LogP contribution >= 0.6 is 0 Å². The fourth-order valence-electron chi connectivity index (χ4n) is 1.85. The minimum Gasteiger partial charge on any atom is -0.460 e. The average molecular weight is 265 g/mol. The minimum absolute atomic E-state index is 0.176. The Kier molecular flexibility index (Phi) is 7.15. The Hall–Kier alpha value is -1.39. The standard InChI is InChI=1S/C15H23NO3/c1-3-16(4-2)10-14(11-17)15(18)19-12-13-8-6-5-7-9-13/h5-9,14,17H,3-4,10-12H2,1-2H3. The molecule has 106 valence electrons. The Morgan fingerprint density at radius 3 is 2.42 bits per heavy atom. The number of hydrogen-bond donors (Lipinski definition) is 1. The van der Waals surface area contributed by atoms with Crippen molar-refractivity contribution in [3.05, 3.63) is 35.9 Å². The molecule has 19 heavy (non-hydrogen) atoms. The number of nitrogens with zero attached hydrogens (tertiary/aromatic N) is 1.